The van der Waals surface area contributed by atoms with E-state index in [4.69, 9.17) is 4.74 Å². The van der Waals surface area contributed by atoms with Crippen LogP contribution in [0.5, 0.6) is 5.75 Å². The molecule has 1 heterocycles. The van der Waals surface area contributed by atoms with Crippen molar-refractivity contribution in [3.8, 4) is 16.9 Å². The third-order valence-electron chi connectivity index (χ3n) is 5.96. The van der Waals surface area contributed by atoms with E-state index in [2.05, 4.69) is 48.2 Å². The van der Waals surface area contributed by atoms with Crippen molar-refractivity contribution in [3.05, 3.63) is 53.6 Å². The van der Waals surface area contributed by atoms with Gasteiger partial charge in [-0.25, -0.2) is 0 Å². The van der Waals surface area contributed by atoms with Gasteiger partial charge in [-0.15, -0.1) is 0 Å². The van der Waals surface area contributed by atoms with Gasteiger partial charge < -0.3 is 4.74 Å². The fourth-order valence-corrected chi connectivity index (χ4v) is 4.63. The predicted octanol–water partition coefficient (Wildman–Crippen LogP) is 5.09. The van der Waals surface area contributed by atoms with Gasteiger partial charge in [0.05, 0.1) is 6.61 Å². The normalized spacial score (nSPS) is 23.4. The smallest absolute Gasteiger partial charge is 0.119 e. The molecule has 2 aromatic rings. The number of hydrogen-bond acceptors (Lipinski definition) is 2. The lowest BCUT2D eigenvalue weighted by molar-refractivity contribution is 0.174. The van der Waals surface area contributed by atoms with Gasteiger partial charge in [0.2, 0.25) is 0 Å². The number of fused-ring (bicyclic) bond motifs is 1. The third kappa shape index (κ3) is 3.46. The van der Waals surface area contributed by atoms with Crippen molar-refractivity contribution < 1.29 is 4.74 Å². The average Bonchev–Trinajstić information content (AvgIpc) is 3.07. The summed E-state index contributed by atoms with van der Waals surface area (Å²) in [4.78, 5) is 2.75. The zero-order valence-corrected chi connectivity index (χ0v) is 15.5. The van der Waals surface area contributed by atoms with Gasteiger partial charge in [-0.1, -0.05) is 30.3 Å². The fraction of sp³-hybridized carbons (Fsp3) is 0.478. The number of rotatable bonds is 4. The Hall–Kier alpha value is -1.80. The van der Waals surface area contributed by atoms with Crippen LogP contribution in [0.4, 0.5) is 0 Å². The molecule has 1 aliphatic heterocycles. The first-order valence-corrected chi connectivity index (χ1v) is 9.85. The lowest BCUT2D eigenvalue weighted by Gasteiger charge is -2.35. The number of hydrogen-bond donors (Lipinski definition) is 0. The SMILES string of the molecule is CCOc1cccc(-c2ccc3c(c2)CCC(N2CCCC2C)C3)c1. The van der Waals surface area contributed by atoms with Crippen molar-refractivity contribution >= 4 is 0 Å². The molecule has 25 heavy (non-hydrogen) atoms. The monoisotopic (exact) mass is 335 g/mol. The Morgan fingerprint density at radius 2 is 1.92 bits per heavy atom. The van der Waals surface area contributed by atoms with Crippen LogP contribution in [0, 0.1) is 0 Å². The summed E-state index contributed by atoms with van der Waals surface area (Å²) >= 11 is 0. The largest absolute Gasteiger partial charge is 0.494 e. The van der Waals surface area contributed by atoms with Crippen LogP contribution in [-0.4, -0.2) is 30.1 Å². The molecule has 4 rings (SSSR count). The molecule has 0 bridgehead atoms. The number of nitrogens with zero attached hydrogens (tertiary/aromatic N) is 1. The first-order valence-electron chi connectivity index (χ1n) is 9.85. The van der Waals surface area contributed by atoms with Crippen LogP contribution in [0.15, 0.2) is 42.5 Å². The summed E-state index contributed by atoms with van der Waals surface area (Å²) in [5, 5.41) is 0. The standard InChI is InChI=1S/C23H29NO/c1-3-25-23-8-4-7-18(16-23)19-9-10-21-15-22(12-11-20(21)14-19)24-13-5-6-17(24)2/h4,7-10,14,16-17,22H,3,5-6,11-13,15H2,1-2H3. The molecule has 2 heteroatoms. The summed E-state index contributed by atoms with van der Waals surface area (Å²) < 4.78 is 5.66. The molecule has 1 saturated heterocycles. The molecule has 1 aliphatic carbocycles. The van der Waals surface area contributed by atoms with Gasteiger partial charge in [0.15, 0.2) is 0 Å². The maximum atomic E-state index is 5.66. The van der Waals surface area contributed by atoms with Gasteiger partial charge >= 0.3 is 0 Å². The molecule has 1 fully saturated rings. The molecule has 2 nitrogen and oxygen atoms in total. The topological polar surface area (TPSA) is 12.5 Å². The maximum absolute atomic E-state index is 5.66. The van der Waals surface area contributed by atoms with Crippen LogP contribution in [0.3, 0.4) is 0 Å². The predicted molar refractivity (Wildman–Crippen MR) is 104 cm³/mol. The van der Waals surface area contributed by atoms with E-state index in [0.29, 0.717) is 6.61 Å². The second-order valence-electron chi connectivity index (χ2n) is 7.57. The van der Waals surface area contributed by atoms with Crippen LogP contribution in [-0.2, 0) is 12.8 Å². The Morgan fingerprint density at radius 3 is 2.72 bits per heavy atom. The second-order valence-corrected chi connectivity index (χ2v) is 7.57. The summed E-state index contributed by atoms with van der Waals surface area (Å²) in [7, 11) is 0. The molecule has 0 aromatic heterocycles. The van der Waals surface area contributed by atoms with Crippen molar-refractivity contribution in [2.24, 2.45) is 0 Å². The van der Waals surface area contributed by atoms with E-state index in [9.17, 15) is 0 Å². The molecule has 0 saturated carbocycles. The summed E-state index contributed by atoms with van der Waals surface area (Å²) in [6, 6.07) is 17.0. The van der Waals surface area contributed by atoms with Gasteiger partial charge in [-0.3, -0.25) is 4.90 Å². The fourth-order valence-electron chi connectivity index (χ4n) is 4.63. The van der Waals surface area contributed by atoms with Gasteiger partial charge in [0.25, 0.3) is 0 Å². The Bertz CT molecular complexity index is 739. The Morgan fingerprint density at radius 1 is 1.04 bits per heavy atom. The van der Waals surface area contributed by atoms with E-state index in [-0.39, 0.29) is 0 Å². The molecule has 132 valence electrons. The van der Waals surface area contributed by atoms with Gasteiger partial charge in [0.1, 0.15) is 5.75 Å². The third-order valence-corrected chi connectivity index (χ3v) is 5.96. The number of ether oxygens (including phenoxy) is 1. The minimum Gasteiger partial charge on any atom is -0.494 e. The van der Waals surface area contributed by atoms with Crippen LogP contribution in [0.1, 0.15) is 44.2 Å². The maximum Gasteiger partial charge on any atom is 0.119 e. The molecule has 2 aromatic carbocycles. The van der Waals surface area contributed by atoms with Crippen LogP contribution in [0.2, 0.25) is 0 Å². The summed E-state index contributed by atoms with van der Waals surface area (Å²) in [6.45, 7) is 6.44. The number of likely N-dealkylation sites (tertiary alicyclic amines) is 1. The lowest BCUT2D eigenvalue weighted by Crippen LogP contribution is -2.41. The van der Waals surface area contributed by atoms with Crippen molar-refractivity contribution in [2.75, 3.05) is 13.2 Å². The average molecular weight is 335 g/mol. The number of benzene rings is 2. The van der Waals surface area contributed by atoms with Crippen LogP contribution >= 0.6 is 0 Å². The molecule has 2 unspecified atom stereocenters. The van der Waals surface area contributed by atoms with E-state index in [0.717, 1.165) is 17.8 Å². The van der Waals surface area contributed by atoms with Gasteiger partial charge in [-0.05, 0) is 86.9 Å². The molecule has 0 amide bonds. The van der Waals surface area contributed by atoms with Gasteiger partial charge in [0, 0.05) is 12.1 Å². The highest BCUT2D eigenvalue weighted by Gasteiger charge is 2.30. The molecular weight excluding hydrogens is 306 g/mol. The van der Waals surface area contributed by atoms with Crippen molar-refractivity contribution in [3.63, 3.8) is 0 Å². The summed E-state index contributed by atoms with van der Waals surface area (Å²) in [5.41, 5.74) is 5.67. The first kappa shape index (κ1) is 16.7. The minimum absolute atomic E-state index is 0.712. The minimum atomic E-state index is 0.712. The highest BCUT2D eigenvalue weighted by molar-refractivity contribution is 5.66. The quantitative estimate of drug-likeness (QED) is 0.771. The number of aryl methyl sites for hydroxylation is 1. The van der Waals surface area contributed by atoms with Crippen LogP contribution < -0.4 is 4.74 Å². The Labute approximate surface area is 151 Å². The van der Waals surface area contributed by atoms with Crippen molar-refractivity contribution in [1.82, 2.24) is 4.90 Å². The summed E-state index contributed by atoms with van der Waals surface area (Å²) in [6.07, 6.45) is 6.49. The molecule has 0 N–H and O–H groups in total. The van der Waals surface area contributed by atoms with E-state index in [1.807, 2.05) is 13.0 Å². The summed E-state index contributed by atoms with van der Waals surface area (Å²) in [5.74, 6) is 0.959. The molecular formula is C23H29NO. The van der Waals surface area contributed by atoms with E-state index < -0.39 is 0 Å². The Balaban J connectivity index is 1.54. The van der Waals surface area contributed by atoms with E-state index in [1.165, 1.54) is 49.8 Å². The Kier molecular flexibility index (Phi) is 4.80. The first-order chi connectivity index (χ1) is 12.2. The van der Waals surface area contributed by atoms with Crippen LogP contribution in [0.25, 0.3) is 11.1 Å². The van der Waals surface area contributed by atoms with E-state index in [1.54, 1.807) is 11.1 Å². The highest BCUT2D eigenvalue weighted by Crippen LogP contribution is 2.32. The molecule has 0 radical (unpaired) electrons. The van der Waals surface area contributed by atoms with Crippen molar-refractivity contribution in [2.45, 2.75) is 58.0 Å². The van der Waals surface area contributed by atoms with Gasteiger partial charge in [-0.2, -0.15) is 0 Å². The molecule has 2 aliphatic rings. The van der Waals surface area contributed by atoms with E-state index >= 15 is 0 Å². The molecule has 2 atom stereocenters. The molecule has 0 spiro atoms. The lowest BCUT2D eigenvalue weighted by atomic mass is 9.85. The zero-order chi connectivity index (χ0) is 17.2. The zero-order valence-electron chi connectivity index (χ0n) is 15.5. The highest BCUT2D eigenvalue weighted by atomic mass is 16.5. The van der Waals surface area contributed by atoms with Crippen molar-refractivity contribution in [1.29, 1.82) is 0 Å². The second kappa shape index (κ2) is 7.21.